The summed E-state index contributed by atoms with van der Waals surface area (Å²) in [6, 6.07) is 0. The van der Waals surface area contributed by atoms with Crippen molar-refractivity contribution in [3.63, 3.8) is 0 Å². The van der Waals surface area contributed by atoms with Crippen molar-refractivity contribution in [1.82, 2.24) is 20.7 Å². The summed E-state index contributed by atoms with van der Waals surface area (Å²) in [7, 11) is 0. The Morgan fingerprint density at radius 2 is 2.56 bits per heavy atom. The first kappa shape index (κ1) is 13.4. The van der Waals surface area contributed by atoms with Gasteiger partial charge in [0.05, 0.1) is 6.20 Å². The molecule has 1 aromatic heterocycles. The fraction of sp³-hybridized carbons (Fsp3) is 0.727. The Bertz CT molecular complexity index is 376. The molecular weight excluding hydrogens is 252 g/mol. The molecule has 1 atom stereocenters. The summed E-state index contributed by atoms with van der Waals surface area (Å²) in [5.74, 6) is 0.761. The minimum absolute atomic E-state index is 0.0112. The van der Waals surface area contributed by atoms with E-state index in [2.05, 4.69) is 20.7 Å². The van der Waals surface area contributed by atoms with E-state index in [9.17, 15) is 4.79 Å². The van der Waals surface area contributed by atoms with Gasteiger partial charge < -0.3 is 10.1 Å². The van der Waals surface area contributed by atoms with Crippen LogP contribution in [0, 0.1) is 0 Å². The molecule has 1 aliphatic heterocycles. The molecule has 1 amide bonds. The molecule has 0 bridgehead atoms. The van der Waals surface area contributed by atoms with E-state index in [1.54, 1.807) is 18.0 Å². The molecule has 0 aliphatic carbocycles. The van der Waals surface area contributed by atoms with Gasteiger partial charge in [0.2, 0.25) is 0 Å². The summed E-state index contributed by atoms with van der Waals surface area (Å²) >= 11 is 1.55. The number of amides is 1. The van der Waals surface area contributed by atoms with Crippen LogP contribution < -0.4 is 5.32 Å². The maximum Gasteiger partial charge on any atom is 0.251 e. The minimum atomic E-state index is -0.642. The average molecular weight is 270 g/mol. The van der Waals surface area contributed by atoms with E-state index in [0.29, 0.717) is 13.2 Å². The Morgan fingerprint density at radius 3 is 3.22 bits per heavy atom. The zero-order valence-corrected chi connectivity index (χ0v) is 11.3. The zero-order chi connectivity index (χ0) is 12.8. The normalized spacial score (nSPS) is 23.8. The third-order valence-corrected chi connectivity index (χ3v) is 3.88. The molecular formula is C11H18N4O2S. The number of hydrogen-bond acceptors (Lipinski definition) is 5. The van der Waals surface area contributed by atoms with Crippen LogP contribution in [0.3, 0.4) is 0 Å². The monoisotopic (exact) mass is 270 g/mol. The summed E-state index contributed by atoms with van der Waals surface area (Å²) in [5, 5.41) is 13.9. The van der Waals surface area contributed by atoms with Crippen molar-refractivity contribution in [2.45, 2.75) is 36.8 Å². The van der Waals surface area contributed by atoms with Crippen molar-refractivity contribution in [3.8, 4) is 0 Å². The second-order valence-electron chi connectivity index (χ2n) is 4.45. The van der Waals surface area contributed by atoms with E-state index in [0.717, 1.165) is 30.0 Å². The largest absolute Gasteiger partial charge is 0.365 e. The maximum atomic E-state index is 12.0. The Hall–Kier alpha value is -1.08. The lowest BCUT2D eigenvalue weighted by Crippen LogP contribution is -2.48. The molecule has 1 aromatic rings. The lowest BCUT2D eigenvalue weighted by molar-refractivity contribution is -0.150. The number of H-pyrrole nitrogens is 1. The SMILES string of the molecule is CC1(C(=O)NCCSc2cn[nH]n2)CCCCO1. The van der Waals surface area contributed by atoms with Gasteiger partial charge in [-0.2, -0.15) is 10.3 Å². The van der Waals surface area contributed by atoms with Gasteiger partial charge in [0.15, 0.2) is 0 Å². The number of carbonyl (C=O) groups is 1. The van der Waals surface area contributed by atoms with Crippen LogP contribution in [0.1, 0.15) is 26.2 Å². The molecule has 1 unspecified atom stereocenters. The van der Waals surface area contributed by atoms with E-state index in [4.69, 9.17) is 4.74 Å². The van der Waals surface area contributed by atoms with E-state index in [1.165, 1.54) is 0 Å². The molecule has 7 heteroatoms. The molecule has 0 saturated carbocycles. The second-order valence-corrected chi connectivity index (χ2v) is 5.56. The number of nitrogens with zero attached hydrogens (tertiary/aromatic N) is 2. The third-order valence-electron chi connectivity index (χ3n) is 2.98. The number of carbonyl (C=O) groups excluding carboxylic acids is 1. The van der Waals surface area contributed by atoms with Gasteiger partial charge in [0, 0.05) is 18.9 Å². The van der Waals surface area contributed by atoms with Crippen LogP contribution in [-0.4, -0.2) is 45.8 Å². The molecule has 100 valence electrons. The van der Waals surface area contributed by atoms with Crippen molar-refractivity contribution in [2.24, 2.45) is 0 Å². The van der Waals surface area contributed by atoms with Gasteiger partial charge in [-0.1, -0.05) is 0 Å². The molecule has 1 fully saturated rings. The topological polar surface area (TPSA) is 79.9 Å². The average Bonchev–Trinajstić information content (AvgIpc) is 2.88. The predicted molar refractivity (Wildman–Crippen MR) is 68.3 cm³/mol. The van der Waals surface area contributed by atoms with E-state index in [-0.39, 0.29) is 5.91 Å². The lowest BCUT2D eigenvalue weighted by atomic mass is 9.95. The van der Waals surface area contributed by atoms with Gasteiger partial charge in [0.1, 0.15) is 10.6 Å². The Morgan fingerprint density at radius 1 is 1.67 bits per heavy atom. The zero-order valence-electron chi connectivity index (χ0n) is 10.4. The van der Waals surface area contributed by atoms with Crippen molar-refractivity contribution in [3.05, 3.63) is 6.20 Å². The molecule has 2 rings (SSSR count). The van der Waals surface area contributed by atoms with Gasteiger partial charge in [-0.3, -0.25) is 4.79 Å². The molecule has 2 N–H and O–H groups in total. The van der Waals surface area contributed by atoms with Crippen LogP contribution in [0.25, 0.3) is 0 Å². The van der Waals surface area contributed by atoms with E-state index in [1.807, 2.05) is 6.92 Å². The highest BCUT2D eigenvalue weighted by molar-refractivity contribution is 7.99. The van der Waals surface area contributed by atoms with Crippen LogP contribution >= 0.6 is 11.8 Å². The second kappa shape index (κ2) is 6.19. The van der Waals surface area contributed by atoms with Crippen molar-refractivity contribution in [2.75, 3.05) is 18.9 Å². The minimum Gasteiger partial charge on any atom is -0.365 e. The van der Waals surface area contributed by atoms with Crippen molar-refractivity contribution in [1.29, 1.82) is 0 Å². The first-order valence-corrected chi connectivity index (χ1v) is 7.10. The summed E-state index contributed by atoms with van der Waals surface area (Å²) in [6.45, 7) is 3.15. The first-order chi connectivity index (χ1) is 8.71. The van der Waals surface area contributed by atoms with E-state index >= 15 is 0 Å². The Balaban J connectivity index is 1.68. The van der Waals surface area contributed by atoms with Crippen LogP contribution in [-0.2, 0) is 9.53 Å². The number of hydrogen-bond donors (Lipinski definition) is 2. The Kier molecular flexibility index (Phi) is 4.60. The summed E-state index contributed by atoms with van der Waals surface area (Å²) in [4.78, 5) is 12.0. The third kappa shape index (κ3) is 3.46. The first-order valence-electron chi connectivity index (χ1n) is 6.11. The Labute approximate surface area is 110 Å². The fourth-order valence-corrected chi connectivity index (χ4v) is 2.53. The number of nitrogens with one attached hydrogen (secondary N) is 2. The molecule has 0 aromatic carbocycles. The summed E-state index contributed by atoms with van der Waals surface area (Å²) < 4.78 is 5.58. The molecule has 6 nitrogen and oxygen atoms in total. The molecule has 1 saturated heterocycles. The lowest BCUT2D eigenvalue weighted by Gasteiger charge is -2.32. The van der Waals surface area contributed by atoms with Gasteiger partial charge >= 0.3 is 0 Å². The van der Waals surface area contributed by atoms with Gasteiger partial charge in [-0.05, 0) is 26.2 Å². The van der Waals surface area contributed by atoms with Gasteiger partial charge in [-0.15, -0.1) is 16.9 Å². The number of aromatic nitrogens is 3. The number of thioether (sulfide) groups is 1. The van der Waals surface area contributed by atoms with Crippen LogP contribution in [0.4, 0.5) is 0 Å². The molecule has 0 spiro atoms. The maximum absolute atomic E-state index is 12.0. The highest BCUT2D eigenvalue weighted by Crippen LogP contribution is 2.24. The van der Waals surface area contributed by atoms with Gasteiger partial charge in [-0.25, -0.2) is 0 Å². The number of aromatic amines is 1. The molecule has 18 heavy (non-hydrogen) atoms. The van der Waals surface area contributed by atoms with Crippen LogP contribution in [0.2, 0.25) is 0 Å². The van der Waals surface area contributed by atoms with Crippen molar-refractivity contribution >= 4 is 17.7 Å². The van der Waals surface area contributed by atoms with Crippen LogP contribution in [0.15, 0.2) is 11.2 Å². The number of rotatable bonds is 5. The molecule has 1 aliphatic rings. The smallest absolute Gasteiger partial charge is 0.251 e. The summed E-state index contributed by atoms with van der Waals surface area (Å²) in [5.41, 5.74) is -0.642. The molecule has 2 heterocycles. The van der Waals surface area contributed by atoms with Crippen LogP contribution in [0.5, 0.6) is 0 Å². The summed E-state index contributed by atoms with van der Waals surface area (Å²) in [6.07, 6.45) is 4.57. The standard InChI is InChI=1S/C11H18N4O2S/c1-11(4-2-3-6-17-11)10(16)12-5-7-18-9-8-13-15-14-9/h8H,2-7H2,1H3,(H,12,16)(H,13,14,15). The highest BCUT2D eigenvalue weighted by atomic mass is 32.2. The fourth-order valence-electron chi connectivity index (χ4n) is 1.88. The highest BCUT2D eigenvalue weighted by Gasteiger charge is 2.35. The number of ether oxygens (including phenoxy) is 1. The van der Waals surface area contributed by atoms with Gasteiger partial charge in [0.25, 0.3) is 5.91 Å². The predicted octanol–water partition coefficient (Wildman–Crippen LogP) is 0.972. The van der Waals surface area contributed by atoms with E-state index < -0.39 is 5.60 Å². The molecule has 0 radical (unpaired) electrons. The quantitative estimate of drug-likeness (QED) is 0.615. The van der Waals surface area contributed by atoms with Crippen molar-refractivity contribution < 1.29 is 9.53 Å².